The normalized spacial score (nSPS) is 59.2. The predicted octanol–water partition coefficient (Wildman–Crippen LogP) is 4.01. The molecule has 4 aliphatic carbocycles. The van der Waals surface area contributed by atoms with Crippen molar-refractivity contribution in [1.29, 1.82) is 0 Å². The molecule has 0 aromatic heterocycles. The Morgan fingerprint density at radius 2 is 1.94 bits per heavy atom. The molecule has 2 aliphatic heterocycles. The molecule has 0 radical (unpaired) electrons. The zero-order valence-electron chi connectivity index (χ0n) is 20.1. The fraction of sp³-hybridized carbons (Fsp3) is 0.889. The molecule has 5 heteroatoms. The van der Waals surface area contributed by atoms with E-state index in [1.54, 1.807) is 0 Å². The summed E-state index contributed by atoms with van der Waals surface area (Å²) in [5, 5.41) is 20.6. The molecule has 5 fully saturated rings. The number of rotatable bonds is 0. The maximum Gasteiger partial charge on any atom is 0.171 e. The van der Waals surface area contributed by atoms with Gasteiger partial charge in [0.2, 0.25) is 0 Å². The summed E-state index contributed by atoms with van der Waals surface area (Å²) >= 11 is 0. The van der Waals surface area contributed by atoms with Gasteiger partial charge in [0.25, 0.3) is 0 Å². The summed E-state index contributed by atoms with van der Waals surface area (Å²) in [7, 11) is 0. The fourth-order valence-electron chi connectivity index (χ4n) is 9.47. The summed E-state index contributed by atoms with van der Waals surface area (Å²) in [6.07, 6.45) is 8.79. The Bertz CT molecular complexity index is 852. The summed E-state index contributed by atoms with van der Waals surface area (Å²) in [4.78, 5) is 13.9. The molecule has 0 amide bonds. The number of allylic oxidation sites excluding steroid dienone is 1. The number of aliphatic hydroxyl groups excluding tert-OH is 1. The van der Waals surface area contributed by atoms with Crippen molar-refractivity contribution in [3.05, 3.63) is 11.6 Å². The highest BCUT2D eigenvalue weighted by Gasteiger charge is 2.70. The van der Waals surface area contributed by atoms with Gasteiger partial charge >= 0.3 is 0 Å². The Hall–Kier alpha value is -0.750. The molecule has 32 heavy (non-hydrogen) atoms. The van der Waals surface area contributed by atoms with E-state index in [1.807, 2.05) is 6.92 Å². The van der Waals surface area contributed by atoms with Crippen LogP contribution in [0.25, 0.3) is 0 Å². The van der Waals surface area contributed by atoms with E-state index < -0.39 is 11.4 Å². The van der Waals surface area contributed by atoms with Gasteiger partial charge in [-0.25, -0.2) is 0 Å². The second-order valence-electron chi connectivity index (χ2n) is 13.0. The van der Waals surface area contributed by atoms with E-state index in [2.05, 4.69) is 26.8 Å². The van der Waals surface area contributed by atoms with Gasteiger partial charge in [0.1, 0.15) is 5.78 Å². The Labute approximate surface area is 191 Å². The summed E-state index contributed by atoms with van der Waals surface area (Å²) in [6.45, 7) is 9.08. The van der Waals surface area contributed by atoms with Gasteiger partial charge in [0, 0.05) is 24.7 Å². The van der Waals surface area contributed by atoms with Gasteiger partial charge in [0.05, 0.1) is 24.4 Å². The monoisotopic (exact) mass is 444 g/mol. The Kier molecular flexibility index (Phi) is 4.54. The number of carbonyl (C=O) groups is 1. The first-order chi connectivity index (χ1) is 15.0. The molecule has 11 unspecified atom stereocenters. The van der Waals surface area contributed by atoms with Gasteiger partial charge in [-0.3, -0.25) is 4.79 Å². The third kappa shape index (κ3) is 2.74. The molecule has 0 aromatic carbocycles. The number of hydrogen-bond acceptors (Lipinski definition) is 5. The SMILES string of the molecule is CC1C2C(CC3C4CC=C5CC(O)CCC5(C)C4C(=O)CC32C)OC12CCC(C)(O)CO2. The molecule has 0 bridgehead atoms. The van der Waals surface area contributed by atoms with Crippen molar-refractivity contribution < 1.29 is 24.5 Å². The van der Waals surface area contributed by atoms with E-state index in [9.17, 15) is 15.0 Å². The van der Waals surface area contributed by atoms with Crippen LogP contribution in [-0.4, -0.2) is 46.2 Å². The summed E-state index contributed by atoms with van der Waals surface area (Å²) in [5.41, 5.74) is 0.426. The number of ketones is 1. The molecule has 5 nitrogen and oxygen atoms in total. The molecule has 178 valence electrons. The number of Topliss-reactive ketones (excluding diaryl/α,β-unsaturated/α-hetero) is 1. The van der Waals surface area contributed by atoms with Gasteiger partial charge in [-0.15, -0.1) is 0 Å². The van der Waals surface area contributed by atoms with Crippen LogP contribution in [0.1, 0.15) is 79.1 Å². The second-order valence-corrected chi connectivity index (χ2v) is 13.0. The van der Waals surface area contributed by atoms with Crippen LogP contribution in [0.2, 0.25) is 0 Å². The number of ether oxygens (including phenoxy) is 2. The van der Waals surface area contributed by atoms with Crippen molar-refractivity contribution in [3.63, 3.8) is 0 Å². The molecule has 0 aromatic rings. The highest BCUT2D eigenvalue weighted by Crippen LogP contribution is 2.69. The molecule has 2 saturated heterocycles. The lowest BCUT2D eigenvalue weighted by atomic mass is 9.46. The van der Waals surface area contributed by atoms with Crippen molar-refractivity contribution in [2.45, 2.75) is 103 Å². The van der Waals surface area contributed by atoms with Crippen LogP contribution in [0.4, 0.5) is 0 Å². The minimum atomic E-state index is -0.776. The van der Waals surface area contributed by atoms with Crippen molar-refractivity contribution in [1.82, 2.24) is 0 Å². The van der Waals surface area contributed by atoms with Crippen molar-refractivity contribution in [2.24, 2.45) is 40.4 Å². The van der Waals surface area contributed by atoms with E-state index in [4.69, 9.17) is 9.47 Å². The standard InChI is InChI=1S/C27H40O5/c1-15-22-21(32-27(15)10-9-24(2,30)14-31-27)12-19-18-6-5-16-11-17(28)7-8-25(16,3)23(18)20(29)13-26(19,22)4/h5,15,17-19,21-23,28,30H,6-14H2,1-4H3. The van der Waals surface area contributed by atoms with Crippen LogP contribution in [-0.2, 0) is 14.3 Å². The first-order valence-corrected chi connectivity index (χ1v) is 12.9. The molecular formula is C27H40O5. The second kappa shape index (κ2) is 6.68. The lowest BCUT2D eigenvalue weighted by molar-refractivity contribution is -0.293. The zero-order valence-corrected chi connectivity index (χ0v) is 20.1. The molecular weight excluding hydrogens is 404 g/mol. The third-order valence-corrected chi connectivity index (χ3v) is 11.1. The maximum atomic E-state index is 13.9. The zero-order chi connectivity index (χ0) is 22.7. The quantitative estimate of drug-likeness (QED) is 0.552. The van der Waals surface area contributed by atoms with Gasteiger partial charge in [-0.1, -0.05) is 32.4 Å². The largest absolute Gasteiger partial charge is 0.393 e. The molecule has 6 aliphatic rings. The van der Waals surface area contributed by atoms with Crippen LogP contribution >= 0.6 is 0 Å². The minimum Gasteiger partial charge on any atom is -0.393 e. The number of hydrogen-bond donors (Lipinski definition) is 2. The average molecular weight is 445 g/mol. The van der Waals surface area contributed by atoms with Crippen LogP contribution in [0, 0.1) is 40.4 Å². The van der Waals surface area contributed by atoms with E-state index in [1.165, 1.54) is 5.57 Å². The first kappa shape index (κ1) is 21.8. The van der Waals surface area contributed by atoms with E-state index in [0.29, 0.717) is 43.0 Å². The van der Waals surface area contributed by atoms with E-state index in [-0.39, 0.29) is 34.9 Å². The molecule has 11 atom stereocenters. The topological polar surface area (TPSA) is 76.0 Å². The smallest absolute Gasteiger partial charge is 0.171 e. The number of fused-ring (bicyclic) bond motifs is 7. The summed E-state index contributed by atoms with van der Waals surface area (Å²) in [5.74, 6) is 1.36. The number of carbonyl (C=O) groups excluding carboxylic acids is 1. The van der Waals surface area contributed by atoms with Crippen LogP contribution < -0.4 is 0 Å². The fourth-order valence-corrected chi connectivity index (χ4v) is 9.47. The van der Waals surface area contributed by atoms with Crippen LogP contribution in [0.5, 0.6) is 0 Å². The third-order valence-electron chi connectivity index (χ3n) is 11.1. The minimum absolute atomic E-state index is 0.0506. The first-order valence-electron chi connectivity index (χ1n) is 12.9. The highest BCUT2D eigenvalue weighted by molar-refractivity contribution is 5.85. The highest BCUT2D eigenvalue weighted by atomic mass is 16.7. The van der Waals surface area contributed by atoms with Gasteiger partial charge < -0.3 is 19.7 Å². The molecule has 2 heterocycles. The van der Waals surface area contributed by atoms with Gasteiger partial charge in [-0.05, 0) is 74.0 Å². The van der Waals surface area contributed by atoms with Crippen molar-refractivity contribution >= 4 is 5.78 Å². The van der Waals surface area contributed by atoms with Crippen LogP contribution in [0.3, 0.4) is 0 Å². The molecule has 2 N–H and O–H groups in total. The summed E-state index contributed by atoms with van der Waals surface area (Å²) in [6, 6.07) is 0. The lowest BCUT2D eigenvalue weighted by Gasteiger charge is -2.57. The average Bonchev–Trinajstić information content (AvgIpc) is 3.15. The predicted molar refractivity (Wildman–Crippen MR) is 120 cm³/mol. The Morgan fingerprint density at radius 3 is 2.66 bits per heavy atom. The molecule has 1 spiro atoms. The van der Waals surface area contributed by atoms with E-state index in [0.717, 1.165) is 38.5 Å². The summed E-state index contributed by atoms with van der Waals surface area (Å²) < 4.78 is 13.0. The van der Waals surface area contributed by atoms with Gasteiger partial charge in [0.15, 0.2) is 5.79 Å². The number of aliphatic hydroxyl groups is 2. The Morgan fingerprint density at radius 1 is 1.16 bits per heavy atom. The lowest BCUT2D eigenvalue weighted by Crippen LogP contribution is -2.56. The van der Waals surface area contributed by atoms with Crippen molar-refractivity contribution in [3.8, 4) is 0 Å². The molecule has 6 rings (SSSR count). The van der Waals surface area contributed by atoms with Crippen molar-refractivity contribution in [2.75, 3.05) is 6.61 Å². The maximum absolute atomic E-state index is 13.9. The van der Waals surface area contributed by atoms with Gasteiger partial charge in [-0.2, -0.15) is 0 Å². The Balaban J connectivity index is 1.31. The van der Waals surface area contributed by atoms with E-state index >= 15 is 0 Å². The molecule has 3 saturated carbocycles. The van der Waals surface area contributed by atoms with Crippen LogP contribution in [0.15, 0.2) is 11.6 Å².